The van der Waals surface area contributed by atoms with E-state index < -0.39 is 16.2 Å². The van der Waals surface area contributed by atoms with Crippen molar-refractivity contribution < 1.29 is 10.0 Å². The third-order valence-electron chi connectivity index (χ3n) is 1.89. The van der Waals surface area contributed by atoms with E-state index in [1.807, 2.05) is 0 Å². The lowest BCUT2D eigenvalue weighted by Crippen LogP contribution is -2.25. The van der Waals surface area contributed by atoms with Crippen LogP contribution in [-0.2, 0) is 6.54 Å². The predicted octanol–water partition coefficient (Wildman–Crippen LogP) is 0.0572. The van der Waals surface area contributed by atoms with Gasteiger partial charge in [0.15, 0.2) is 0 Å². The Bertz CT molecular complexity index is 410. The van der Waals surface area contributed by atoms with Gasteiger partial charge in [0.25, 0.3) is 0 Å². The first kappa shape index (κ1) is 10.4. The van der Waals surface area contributed by atoms with Gasteiger partial charge in [0, 0.05) is 18.3 Å². The van der Waals surface area contributed by atoms with Gasteiger partial charge in [-0.15, -0.1) is 0 Å². The lowest BCUT2D eigenvalue weighted by Gasteiger charge is -2.06. The van der Waals surface area contributed by atoms with Crippen molar-refractivity contribution >= 4 is 5.69 Å². The summed E-state index contributed by atoms with van der Waals surface area (Å²) < 4.78 is 1.18. The SMILES string of the molecule is Cc1ccc([N+](=O)[O-])c(=O)n1CCO. The molecule has 0 radical (unpaired) electrons. The van der Waals surface area contributed by atoms with E-state index in [9.17, 15) is 14.9 Å². The molecular formula is C8H10N2O4. The highest BCUT2D eigenvalue weighted by Crippen LogP contribution is 2.05. The number of aliphatic hydroxyl groups is 1. The number of aromatic nitrogens is 1. The number of nitrogens with zero attached hydrogens (tertiary/aromatic N) is 2. The molecule has 1 heterocycles. The van der Waals surface area contributed by atoms with Gasteiger partial charge in [-0.05, 0) is 13.0 Å². The zero-order valence-electron chi connectivity index (χ0n) is 7.64. The minimum absolute atomic E-state index is 0.0757. The highest BCUT2D eigenvalue weighted by atomic mass is 16.6. The summed E-state index contributed by atoms with van der Waals surface area (Å²) in [6.45, 7) is 1.51. The quantitative estimate of drug-likeness (QED) is 0.549. The number of pyridine rings is 1. The van der Waals surface area contributed by atoms with Crippen LogP contribution in [0.25, 0.3) is 0 Å². The monoisotopic (exact) mass is 198 g/mol. The summed E-state index contributed by atoms with van der Waals surface area (Å²) in [6.07, 6.45) is 0. The van der Waals surface area contributed by atoms with Gasteiger partial charge in [-0.1, -0.05) is 0 Å². The van der Waals surface area contributed by atoms with Crippen molar-refractivity contribution in [3.8, 4) is 0 Å². The molecule has 0 saturated heterocycles. The van der Waals surface area contributed by atoms with E-state index in [-0.39, 0.29) is 13.2 Å². The average Bonchev–Trinajstić information content (AvgIpc) is 2.11. The Kier molecular flexibility index (Phi) is 2.98. The van der Waals surface area contributed by atoms with Crippen LogP contribution in [-0.4, -0.2) is 21.2 Å². The number of aliphatic hydroxyl groups excluding tert-OH is 1. The minimum atomic E-state index is -0.727. The van der Waals surface area contributed by atoms with Crippen molar-refractivity contribution in [2.24, 2.45) is 0 Å². The minimum Gasteiger partial charge on any atom is -0.395 e. The molecule has 0 fully saturated rings. The topological polar surface area (TPSA) is 85.4 Å². The lowest BCUT2D eigenvalue weighted by molar-refractivity contribution is -0.386. The second kappa shape index (κ2) is 4.01. The number of rotatable bonds is 3. The molecule has 6 heteroatoms. The maximum absolute atomic E-state index is 11.4. The Labute approximate surface area is 79.6 Å². The molecule has 0 spiro atoms. The maximum atomic E-state index is 11.4. The highest BCUT2D eigenvalue weighted by molar-refractivity contribution is 5.27. The van der Waals surface area contributed by atoms with Gasteiger partial charge in [0.05, 0.1) is 11.5 Å². The van der Waals surface area contributed by atoms with Crippen LogP contribution in [0, 0.1) is 17.0 Å². The molecule has 0 amide bonds. The van der Waals surface area contributed by atoms with E-state index in [0.29, 0.717) is 5.69 Å². The predicted molar refractivity (Wildman–Crippen MR) is 49.2 cm³/mol. The van der Waals surface area contributed by atoms with Gasteiger partial charge in [-0.25, -0.2) is 0 Å². The van der Waals surface area contributed by atoms with E-state index in [4.69, 9.17) is 5.11 Å². The van der Waals surface area contributed by atoms with Crippen molar-refractivity contribution in [3.63, 3.8) is 0 Å². The summed E-state index contributed by atoms with van der Waals surface area (Å²) in [5.74, 6) is 0. The summed E-state index contributed by atoms with van der Waals surface area (Å²) in [5.41, 5.74) is -0.553. The first-order valence-corrected chi connectivity index (χ1v) is 4.03. The molecule has 0 bridgehead atoms. The fourth-order valence-electron chi connectivity index (χ4n) is 1.18. The summed E-state index contributed by atoms with van der Waals surface area (Å²) in [6, 6.07) is 2.65. The highest BCUT2D eigenvalue weighted by Gasteiger charge is 2.14. The van der Waals surface area contributed by atoms with Crippen molar-refractivity contribution in [1.29, 1.82) is 0 Å². The molecule has 1 aromatic heterocycles. The van der Waals surface area contributed by atoms with Gasteiger partial charge < -0.3 is 9.67 Å². The Hall–Kier alpha value is -1.69. The third-order valence-corrected chi connectivity index (χ3v) is 1.89. The van der Waals surface area contributed by atoms with Crippen LogP contribution < -0.4 is 5.56 Å². The van der Waals surface area contributed by atoms with Crippen molar-refractivity contribution in [2.45, 2.75) is 13.5 Å². The molecule has 6 nitrogen and oxygen atoms in total. The van der Waals surface area contributed by atoms with Gasteiger partial charge in [-0.3, -0.25) is 14.9 Å². The van der Waals surface area contributed by atoms with E-state index in [1.54, 1.807) is 6.92 Å². The lowest BCUT2D eigenvalue weighted by atomic mass is 10.3. The van der Waals surface area contributed by atoms with Crippen LogP contribution in [0.2, 0.25) is 0 Å². The molecule has 0 aliphatic rings. The normalized spacial score (nSPS) is 10.1. The molecule has 0 aliphatic carbocycles. The second-order valence-electron chi connectivity index (χ2n) is 2.80. The van der Waals surface area contributed by atoms with E-state index in [1.165, 1.54) is 16.7 Å². The largest absolute Gasteiger partial charge is 0.395 e. The molecule has 1 rings (SSSR count). The van der Waals surface area contributed by atoms with Crippen LogP contribution >= 0.6 is 0 Å². The Morgan fingerprint density at radius 3 is 2.71 bits per heavy atom. The molecule has 0 unspecified atom stereocenters. The molecule has 1 aromatic rings. The van der Waals surface area contributed by atoms with Crippen LogP contribution in [0.5, 0.6) is 0 Å². The summed E-state index contributed by atoms with van der Waals surface area (Å²) in [5, 5.41) is 19.1. The second-order valence-corrected chi connectivity index (χ2v) is 2.80. The molecule has 0 saturated carbocycles. The Morgan fingerprint density at radius 2 is 2.21 bits per heavy atom. The summed E-state index contributed by atoms with van der Waals surface area (Å²) in [7, 11) is 0. The van der Waals surface area contributed by atoms with Crippen molar-refractivity contribution in [1.82, 2.24) is 4.57 Å². The Morgan fingerprint density at radius 1 is 1.57 bits per heavy atom. The molecule has 76 valence electrons. The molecule has 14 heavy (non-hydrogen) atoms. The number of hydrogen-bond donors (Lipinski definition) is 1. The van der Waals surface area contributed by atoms with E-state index >= 15 is 0 Å². The third kappa shape index (κ3) is 1.80. The first-order valence-electron chi connectivity index (χ1n) is 4.03. The molecular weight excluding hydrogens is 188 g/mol. The van der Waals surface area contributed by atoms with Crippen LogP contribution in [0.4, 0.5) is 5.69 Å². The van der Waals surface area contributed by atoms with Crippen LogP contribution in [0.15, 0.2) is 16.9 Å². The van der Waals surface area contributed by atoms with Gasteiger partial charge in [-0.2, -0.15) is 0 Å². The summed E-state index contributed by atoms with van der Waals surface area (Å²) in [4.78, 5) is 21.1. The van der Waals surface area contributed by atoms with Crippen LogP contribution in [0.1, 0.15) is 5.69 Å². The van der Waals surface area contributed by atoms with Gasteiger partial charge in [0.2, 0.25) is 0 Å². The molecule has 1 N–H and O–H groups in total. The fraction of sp³-hybridized carbons (Fsp3) is 0.375. The van der Waals surface area contributed by atoms with Crippen molar-refractivity contribution in [3.05, 3.63) is 38.3 Å². The van der Waals surface area contributed by atoms with Gasteiger partial charge >= 0.3 is 11.2 Å². The Balaban J connectivity index is 3.34. The average molecular weight is 198 g/mol. The maximum Gasteiger partial charge on any atom is 0.334 e. The standard InChI is InChI=1S/C8H10N2O4/c1-6-2-3-7(10(13)14)8(12)9(6)4-5-11/h2-3,11H,4-5H2,1H3. The summed E-state index contributed by atoms with van der Waals surface area (Å²) >= 11 is 0. The number of hydrogen-bond acceptors (Lipinski definition) is 4. The zero-order chi connectivity index (χ0) is 10.7. The smallest absolute Gasteiger partial charge is 0.334 e. The number of nitro groups is 1. The zero-order valence-corrected chi connectivity index (χ0v) is 7.64. The molecule has 0 aliphatic heterocycles. The van der Waals surface area contributed by atoms with Crippen LogP contribution in [0.3, 0.4) is 0 Å². The molecule has 0 aromatic carbocycles. The van der Waals surface area contributed by atoms with E-state index in [2.05, 4.69) is 0 Å². The molecule has 0 atom stereocenters. The number of aryl methyl sites for hydroxylation is 1. The van der Waals surface area contributed by atoms with Gasteiger partial charge in [0.1, 0.15) is 0 Å². The van der Waals surface area contributed by atoms with Crippen molar-refractivity contribution in [2.75, 3.05) is 6.61 Å². The fourth-order valence-corrected chi connectivity index (χ4v) is 1.18. The first-order chi connectivity index (χ1) is 6.57. The van der Waals surface area contributed by atoms with E-state index in [0.717, 1.165) is 0 Å².